The largest absolute Gasteiger partial charge is 0.322 e. The molecule has 0 heterocycles. The first kappa shape index (κ1) is 23.3. The Morgan fingerprint density at radius 2 is 1.55 bits per heavy atom. The van der Waals surface area contributed by atoms with Crippen LogP contribution in [0, 0.1) is 0 Å². The number of anilines is 1. The number of hydrogen-bond donors (Lipinski definition) is 1. The number of urea groups is 1. The molecule has 0 aliphatic heterocycles. The highest BCUT2D eigenvalue weighted by Gasteiger charge is 2.20. The molecule has 168 valence electrons. The lowest BCUT2D eigenvalue weighted by Crippen LogP contribution is -2.39. The van der Waals surface area contributed by atoms with Crippen molar-refractivity contribution in [2.75, 3.05) is 39.5 Å². The van der Waals surface area contributed by atoms with Gasteiger partial charge in [0, 0.05) is 37.9 Å². The Balaban J connectivity index is 1.68. The molecule has 1 saturated carbocycles. The molecule has 1 N–H and O–H groups in total. The summed E-state index contributed by atoms with van der Waals surface area (Å²) in [5.41, 5.74) is 3.23. The normalized spacial score (nSPS) is 14.7. The number of hydrogen-bond acceptors (Lipinski definition) is 3. The van der Waals surface area contributed by atoms with Crippen LogP contribution in [0.1, 0.15) is 43.2 Å². The van der Waals surface area contributed by atoms with Crippen molar-refractivity contribution in [3.63, 3.8) is 0 Å². The van der Waals surface area contributed by atoms with Gasteiger partial charge in [-0.1, -0.05) is 67.8 Å². The van der Waals surface area contributed by atoms with E-state index in [0.29, 0.717) is 19.1 Å². The fraction of sp³-hybridized carbons (Fsp3) is 0.500. The summed E-state index contributed by atoms with van der Waals surface area (Å²) >= 11 is 0. The average molecular weight is 423 g/mol. The number of rotatable bonds is 9. The number of carbonyl (C=O) groups is 1. The zero-order valence-electron chi connectivity index (χ0n) is 19.4. The first-order chi connectivity index (χ1) is 15.0. The van der Waals surface area contributed by atoms with Gasteiger partial charge in [0.2, 0.25) is 0 Å². The monoisotopic (exact) mass is 422 g/mol. The van der Waals surface area contributed by atoms with Crippen LogP contribution in [0.25, 0.3) is 0 Å². The minimum absolute atomic E-state index is 0.0431. The molecule has 3 rings (SSSR count). The van der Waals surface area contributed by atoms with Gasteiger partial charge in [-0.25, -0.2) is 4.79 Å². The summed E-state index contributed by atoms with van der Waals surface area (Å²) in [6.45, 7) is 2.96. The van der Waals surface area contributed by atoms with E-state index in [-0.39, 0.29) is 6.03 Å². The fourth-order valence-corrected chi connectivity index (χ4v) is 4.27. The van der Waals surface area contributed by atoms with E-state index in [4.69, 9.17) is 0 Å². The Labute approximate surface area is 188 Å². The highest BCUT2D eigenvalue weighted by Crippen LogP contribution is 2.25. The molecule has 0 saturated heterocycles. The van der Waals surface area contributed by atoms with E-state index in [1.54, 1.807) is 0 Å². The third-order valence-corrected chi connectivity index (χ3v) is 6.20. The predicted molar refractivity (Wildman–Crippen MR) is 129 cm³/mol. The predicted octanol–water partition coefficient (Wildman–Crippen LogP) is 5.05. The number of carbonyl (C=O) groups excluding carboxylic acids is 1. The molecule has 0 bridgehead atoms. The molecule has 5 heteroatoms. The van der Waals surface area contributed by atoms with E-state index in [1.165, 1.54) is 37.7 Å². The highest BCUT2D eigenvalue weighted by atomic mass is 16.2. The van der Waals surface area contributed by atoms with E-state index < -0.39 is 0 Å². The second kappa shape index (κ2) is 11.9. The quantitative estimate of drug-likeness (QED) is 0.615. The lowest BCUT2D eigenvalue weighted by Gasteiger charge is -2.32. The first-order valence-electron chi connectivity index (χ1n) is 11.6. The molecule has 2 amide bonds. The van der Waals surface area contributed by atoms with Gasteiger partial charge in [0.25, 0.3) is 0 Å². The Kier molecular flexibility index (Phi) is 8.92. The molecule has 5 nitrogen and oxygen atoms in total. The van der Waals surface area contributed by atoms with Crippen molar-refractivity contribution in [2.45, 2.75) is 51.2 Å². The van der Waals surface area contributed by atoms with Crippen molar-refractivity contribution in [2.24, 2.45) is 0 Å². The van der Waals surface area contributed by atoms with Crippen LogP contribution in [-0.4, -0.2) is 61.0 Å². The van der Waals surface area contributed by atoms with Gasteiger partial charge in [-0.15, -0.1) is 0 Å². The van der Waals surface area contributed by atoms with Gasteiger partial charge in [0.15, 0.2) is 0 Å². The maximum Gasteiger partial charge on any atom is 0.322 e. The molecule has 0 aromatic heterocycles. The first-order valence-corrected chi connectivity index (χ1v) is 11.6. The van der Waals surface area contributed by atoms with Crippen LogP contribution in [0.3, 0.4) is 0 Å². The van der Waals surface area contributed by atoms with Gasteiger partial charge in [-0.3, -0.25) is 4.90 Å². The summed E-state index contributed by atoms with van der Waals surface area (Å²) in [4.78, 5) is 19.7. The Morgan fingerprint density at radius 3 is 2.26 bits per heavy atom. The van der Waals surface area contributed by atoms with E-state index in [9.17, 15) is 4.79 Å². The number of para-hydroxylation sites is 1. The van der Waals surface area contributed by atoms with E-state index in [1.807, 2.05) is 49.3 Å². The Morgan fingerprint density at radius 1 is 0.871 bits per heavy atom. The molecular formula is C26H38N4O. The molecule has 1 fully saturated rings. The number of benzene rings is 2. The number of amides is 2. The second-order valence-electron chi connectivity index (χ2n) is 9.00. The summed E-state index contributed by atoms with van der Waals surface area (Å²) in [6, 6.07) is 19.0. The van der Waals surface area contributed by atoms with E-state index in [2.05, 4.69) is 46.4 Å². The number of likely N-dealkylation sites (N-methyl/N-ethyl adjacent to an activating group) is 1. The number of nitrogens with zero attached hydrogens (tertiary/aromatic N) is 3. The van der Waals surface area contributed by atoms with Crippen LogP contribution in [0.5, 0.6) is 0 Å². The molecule has 0 atom stereocenters. The summed E-state index contributed by atoms with van der Waals surface area (Å²) in [7, 11) is 6.29. The van der Waals surface area contributed by atoms with Crippen molar-refractivity contribution in [1.29, 1.82) is 0 Å². The third kappa shape index (κ3) is 7.37. The molecular weight excluding hydrogens is 384 g/mol. The Hall–Kier alpha value is -2.37. The third-order valence-electron chi connectivity index (χ3n) is 6.20. The molecule has 2 aromatic rings. The lowest BCUT2D eigenvalue weighted by molar-refractivity contribution is 0.184. The summed E-state index contributed by atoms with van der Waals surface area (Å²) < 4.78 is 0. The van der Waals surface area contributed by atoms with Gasteiger partial charge < -0.3 is 15.1 Å². The minimum Gasteiger partial charge on any atom is -0.319 e. The van der Waals surface area contributed by atoms with Crippen LogP contribution in [0.4, 0.5) is 10.5 Å². The average Bonchev–Trinajstić information content (AvgIpc) is 2.79. The molecule has 1 aliphatic carbocycles. The van der Waals surface area contributed by atoms with Crippen molar-refractivity contribution >= 4 is 11.7 Å². The zero-order valence-corrected chi connectivity index (χ0v) is 19.4. The van der Waals surface area contributed by atoms with E-state index in [0.717, 1.165) is 24.3 Å². The van der Waals surface area contributed by atoms with Gasteiger partial charge >= 0.3 is 6.03 Å². The van der Waals surface area contributed by atoms with Gasteiger partial charge in [0.05, 0.1) is 0 Å². The Bertz CT molecular complexity index is 802. The molecule has 0 unspecified atom stereocenters. The van der Waals surface area contributed by atoms with Crippen LogP contribution in [0.2, 0.25) is 0 Å². The van der Waals surface area contributed by atoms with Crippen LogP contribution in [-0.2, 0) is 13.1 Å². The molecule has 2 aromatic carbocycles. The van der Waals surface area contributed by atoms with E-state index >= 15 is 0 Å². The maximum atomic E-state index is 13.3. The van der Waals surface area contributed by atoms with Crippen LogP contribution in [0.15, 0.2) is 54.6 Å². The SMILES string of the molecule is CN(C)CCN(Cc1ccccc1)C(=O)Nc1ccccc1CN(C)C1CCCCC1. The van der Waals surface area contributed by atoms with Crippen molar-refractivity contribution in [3.05, 3.63) is 65.7 Å². The minimum atomic E-state index is -0.0431. The van der Waals surface area contributed by atoms with Crippen molar-refractivity contribution in [3.8, 4) is 0 Å². The second-order valence-corrected chi connectivity index (χ2v) is 9.00. The van der Waals surface area contributed by atoms with Crippen LogP contribution >= 0.6 is 0 Å². The summed E-state index contributed by atoms with van der Waals surface area (Å²) in [6.07, 6.45) is 6.57. The standard InChI is InChI=1S/C26H38N4O/c1-28(2)18-19-30(20-22-12-6-4-7-13-22)26(31)27-25-17-11-10-14-23(25)21-29(3)24-15-8-5-9-16-24/h4,6-7,10-14,17,24H,5,8-9,15-16,18-21H2,1-3H3,(H,27,31). The molecule has 0 spiro atoms. The van der Waals surface area contributed by atoms with Crippen molar-refractivity contribution < 1.29 is 4.79 Å². The fourth-order valence-electron chi connectivity index (χ4n) is 4.27. The molecule has 31 heavy (non-hydrogen) atoms. The molecule has 1 aliphatic rings. The summed E-state index contributed by atoms with van der Waals surface area (Å²) in [5.74, 6) is 0. The highest BCUT2D eigenvalue weighted by molar-refractivity contribution is 5.90. The van der Waals surface area contributed by atoms with Gasteiger partial charge in [0.1, 0.15) is 0 Å². The molecule has 0 radical (unpaired) electrons. The topological polar surface area (TPSA) is 38.8 Å². The smallest absolute Gasteiger partial charge is 0.319 e. The van der Waals surface area contributed by atoms with Gasteiger partial charge in [-0.05, 0) is 51.2 Å². The zero-order chi connectivity index (χ0) is 22.1. The summed E-state index contributed by atoms with van der Waals surface area (Å²) in [5, 5.41) is 3.20. The lowest BCUT2D eigenvalue weighted by atomic mass is 9.94. The maximum absolute atomic E-state index is 13.3. The number of nitrogens with one attached hydrogen (secondary N) is 1. The van der Waals surface area contributed by atoms with Gasteiger partial charge in [-0.2, -0.15) is 0 Å². The van der Waals surface area contributed by atoms with Crippen LogP contribution < -0.4 is 5.32 Å². The van der Waals surface area contributed by atoms with Crippen molar-refractivity contribution in [1.82, 2.24) is 14.7 Å².